The topological polar surface area (TPSA) is 52.3 Å². The molecule has 0 unspecified atom stereocenters. The normalized spacial score (nSPS) is 14.5. The Labute approximate surface area is 105 Å². The molecule has 0 saturated carbocycles. The van der Waals surface area contributed by atoms with Gasteiger partial charge in [-0.1, -0.05) is 0 Å². The maximum atomic E-state index is 11.9. The highest BCUT2D eigenvalue weighted by molar-refractivity contribution is 5.77. The third kappa shape index (κ3) is 1.88. The Morgan fingerprint density at radius 1 is 1.28 bits per heavy atom. The summed E-state index contributed by atoms with van der Waals surface area (Å²) in [5.74, 6) is 0. The minimum Gasteiger partial charge on any atom is -0.450 e. The van der Waals surface area contributed by atoms with Gasteiger partial charge in [-0.3, -0.25) is 4.79 Å². The van der Waals surface area contributed by atoms with Gasteiger partial charge in [0.25, 0.3) is 5.56 Å². The third-order valence-corrected chi connectivity index (χ3v) is 3.33. The van der Waals surface area contributed by atoms with Gasteiger partial charge in [0, 0.05) is 0 Å². The predicted molar refractivity (Wildman–Crippen MR) is 68.1 cm³/mol. The molecule has 0 N–H and O–H groups in total. The lowest BCUT2D eigenvalue weighted by molar-refractivity contribution is 0.243. The van der Waals surface area contributed by atoms with Gasteiger partial charge in [-0.25, -0.2) is 0 Å². The summed E-state index contributed by atoms with van der Waals surface area (Å²) >= 11 is 0. The molecule has 3 rings (SSSR count). The summed E-state index contributed by atoms with van der Waals surface area (Å²) in [5, 5.41) is 0.555. The van der Waals surface area contributed by atoms with E-state index in [0.717, 1.165) is 12.8 Å². The summed E-state index contributed by atoms with van der Waals surface area (Å²) in [6, 6.07) is 3.90. The predicted octanol–water partition coefficient (Wildman–Crippen LogP) is 2.47. The zero-order valence-corrected chi connectivity index (χ0v) is 10.4. The van der Waals surface area contributed by atoms with E-state index in [2.05, 4.69) is 4.98 Å². The lowest BCUT2D eigenvalue weighted by Crippen LogP contribution is -2.11. The van der Waals surface area contributed by atoms with Gasteiger partial charge < -0.3 is 9.15 Å². The Bertz CT molecular complexity index is 645. The zero-order valence-electron chi connectivity index (χ0n) is 10.4. The highest BCUT2D eigenvalue weighted by Gasteiger charge is 2.14. The molecule has 0 aliphatic heterocycles. The number of benzene rings is 1. The molecule has 0 amide bonds. The Balaban J connectivity index is 2.21. The molecule has 0 radical (unpaired) electrons. The maximum Gasteiger partial charge on any atom is 0.397 e. The lowest BCUT2D eigenvalue weighted by Gasteiger charge is -2.15. The minimum atomic E-state index is -0.270. The molecule has 4 nitrogen and oxygen atoms in total. The molecule has 18 heavy (non-hydrogen) atoms. The van der Waals surface area contributed by atoms with Crippen molar-refractivity contribution < 1.29 is 9.15 Å². The fourth-order valence-electron chi connectivity index (χ4n) is 2.46. The SMILES string of the molecule is CCOc1nc(=O)c2cc3c(cc2o1)CCCC3. The van der Waals surface area contributed by atoms with Gasteiger partial charge in [0.15, 0.2) is 0 Å². The van der Waals surface area contributed by atoms with E-state index in [0.29, 0.717) is 17.6 Å². The van der Waals surface area contributed by atoms with Crippen molar-refractivity contribution >= 4 is 11.0 Å². The molecule has 2 aromatic rings. The van der Waals surface area contributed by atoms with Crippen LogP contribution in [0.1, 0.15) is 30.9 Å². The van der Waals surface area contributed by atoms with E-state index in [-0.39, 0.29) is 11.6 Å². The van der Waals surface area contributed by atoms with Crippen molar-refractivity contribution in [2.75, 3.05) is 6.61 Å². The van der Waals surface area contributed by atoms with Crippen molar-refractivity contribution in [2.45, 2.75) is 32.6 Å². The molecule has 0 saturated heterocycles. The molecular formula is C14H15NO3. The van der Waals surface area contributed by atoms with Crippen molar-refractivity contribution in [1.29, 1.82) is 0 Å². The monoisotopic (exact) mass is 245 g/mol. The molecule has 0 bridgehead atoms. The van der Waals surface area contributed by atoms with Crippen molar-refractivity contribution in [2.24, 2.45) is 0 Å². The van der Waals surface area contributed by atoms with E-state index in [9.17, 15) is 4.79 Å². The number of nitrogens with zero attached hydrogens (tertiary/aromatic N) is 1. The van der Waals surface area contributed by atoms with E-state index in [1.807, 2.05) is 19.1 Å². The fraction of sp³-hybridized carbons (Fsp3) is 0.429. The molecule has 4 heteroatoms. The zero-order chi connectivity index (χ0) is 12.5. The quantitative estimate of drug-likeness (QED) is 0.815. The molecule has 0 atom stereocenters. The van der Waals surface area contributed by atoms with Crippen LogP contribution in [0.2, 0.25) is 0 Å². The second-order valence-corrected chi connectivity index (χ2v) is 4.54. The largest absolute Gasteiger partial charge is 0.450 e. The van der Waals surface area contributed by atoms with Crippen LogP contribution in [0.5, 0.6) is 6.08 Å². The molecule has 1 aromatic carbocycles. The van der Waals surface area contributed by atoms with Crippen LogP contribution in [0.15, 0.2) is 21.3 Å². The van der Waals surface area contributed by atoms with Gasteiger partial charge in [-0.15, -0.1) is 4.98 Å². The average molecular weight is 245 g/mol. The Morgan fingerprint density at radius 2 is 2.00 bits per heavy atom. The van der Waals surface area contributed by atoms with Crippen LogP contribution in [-0.2, 0) is 12.8 Å². The van der Waals surface area contributed by atoms with Gasteiger partial charge in [-0.2, -0.15) is 0 Å². The Morgan fingerprint density at radius 3 is 2.72 bits per heavy atom. The van der Waals surface area contributed by atoms with E-state index in [4.69, 9.17) is 9.15 Å². The first-order chi connectivity index (χ1) is 8.78. The van der Waals surface area contributed by atoms with Crippen LogP contribution in [0, 0.1) is 0 Å². The standard InChI is InChI=1S/C14H15NO3/c1-2-17-14-15-13(16)11-7-9-5-3-4-6-10(9)8-12(11)18-14/h7-8H,2-6H2,1H3. The molecule has 1 heterocycles. The summed E-state index contributed by atoms with van der Waals surface area (Å²) in [4.78, 5) is 15.7. The lowest BCUT2D eigenvalue weighted by atomic mass is 9.91. The number of fused-ring (bicyclic) bond motifs is 2. The first-order valence-corrected chi connectivity index (χ1v) is 6.37. The number of rotatable bonds is 2. The molecule has 1 aliphatic rings. The van der Waals surface area contributed by atoms with Gasteiger partial charge in [0.2, 0.25) is 0 Å². The molecule has 0 fully saturated rings. The highest BCUT2D eigenvalue weighted by Crippen LogP contribution is 2.26. The fourth-order valence-corrected chi connectivity index (χ4v) is 2.46. The number of hydrogen-bond acceptors (Lipinski definition) is 4. The summed E-state index contributed by atoms with van der Waals surface area (Å²) in [7, 11) is 0. The average Bonchev–Trinajstić information content (AvgIpc) is 2.37. The van der Waals surface area contributed by atoms with Crippen LogP contribution in [0.4, 0.5) is 0 Å². The number of ether oxygens (including phenoxy) is 1. The smallest absolute Gasteiger partial charge is 0.397 e. The Kier molecular flexibility index (Phi) is 2.78. The maximum absolute atomic E-state index is 11.9. The summed E-state index contributed by atoms with van der Waals surface area (Å²) < 4.78 is 10.7. The van der Waals surface area contributed by atoms with Gasteiger partial charge in [-0.05, 0) is 55.9 Å². The molecule has 1 aliphatic carbocycles. The second kappa shape index (κ2) is 4.44. The van der Waals surface area contributed by atoms with Gasteiger partial charge in [0.1, 0.15) is 5.58 Å². The second-order valence-electron chi connectivity index (χ2n) is 4.54. The van der Waals surface area contributed by atoms with Crippen LogP contribution in [0.25, 0.3) is 11.0 Å². The van der Waals surface area contributed by atoms with Crippen LogP contribution in [0.3, 0.4) is 0 Å². The number of hydrogen-bond donors (Lipinski definition) is 0. The molecule has 1 aromatic heterocycles. The molecular weight excluding hydrogens is 230 g/mol. The van der Waals surface area contributed by atoms with Gasteiger partial charge in [0.05, 0.1) is 12.0 Å². The van der Waals surface area contributed by atoms with E-state index < -0.39 is 0 Å². The summed E-state index contributed by atoms with van der Waals surface area (Å²) in [5.41, 5.74) is 2.85. The third-order valence-electron chi connectivity index (χ3n) is 3.33. The van der Waals surface area contributed by atoms with Crippen LogP contribution in [-0.4, -0.2) is 11.6 Å². The summed E-state index contributed by atoms with van der Waals surface area (Å²) in [6.45, 7) is 2.27. The number of aryl methyl sites for hydroxylation is 2. The van der Waals surface area contributed by atoms with Crippen molar-refractivity contribution in [3.05, 3.63) is 33.6 Å². The first kappa shape index (κ1) is 11.3. The summed E-state index contributed by atoms with van der Waals surface area (Å²) in [6.07, 6.45) is 4.55. The van der Waals surface area contributed by atoms with E-state index >= 15 is 0 Å². The van der Waals surface area contributed by atoms with Crippen molar-refractivity contribution in [3.63, 3.8) is 0 Å². The highest BCUT2D eigenvalue weighted by atomic mass is 16.6. The van der Waals surface area contributed by atoms with Crippen LogP contribution >= 0.6 is 0 Å². The van der Waals surface area contributed by atoms with Crippen LogP contribution < -0.4 is 10.3 Å². The first-order valence-electron chi connectivity index (χ1n) is 6.37. The van der Waals surface area contributed by atoms with Crippen molar-refractivity contribution in [1.82, 2.24) is 4.98 Å². The van der Waals surface area contributed by atoms with Crippen molar-refractivity contribution in [3.8, 4) is 6.08 Å². The number of aromatic nitrogens is 1. The Hall–Kier alpha value is -1.84. The molecule has 94 valence electrons. The molecule has 0 spiro atoms. The van der Waals surface area contributed by atoms with E-state index in [1.165, 1.54) is 24.0 Å². The van der Waals surface area contributed by atoms with E-state index in [1.54, 1.807) is 0 Å². The van der Waals surface area contributed by atoms with Gasteiger partial charge >= 0.3 is 6.08 Å². The minimum absolute atomic E-state index is 0.0609.